The fraction of sp³-hybridized carbons (Fsp3) is 0.818. The van der Waals surface area contributed by atoms with Crippen LogP contribution in [0.4, 0.5) is 0 Å². The molecule has 0 aromatic rings. The first kappa shape index (κ1) is 12.7. The molecule has 0 spiro atoms. The van der Waals surface area contributed by atoms with Gasteiger partial charge in [-0.2, -0.15) is 0 Å². The number of hydrogen-bond acceptors (Lipinski definition) is 2. The highest BCUT2D eigenvalue weighted by Gasteiger charge is 2.27. The van der Waals surface area contributed by atoms with Crippen LogP contribution in [-0.4, -0.2) is 30.6 Å². The van der Waals surface area contributed by atoms with Gasteiger partial charge in [-0.1, -0.05) is 5.57 Å². The summed E-state index contributed by atoms with van der Waals surface area (Å²) < 4.78 is 0. The molecule has 0 rings (SSSR count). The molecule has 0 aliphatic rings. The molecule has 2 heteroatoms. The van der Waals surface area contributed by atoms with Gasteiger partial charge in [0.25, 0.3) is 0 Å². The molecule has 0 aliphatic heterocycles. The van der Waals surface area contributed by atoms with Crippen LogP contribution in [0.15, 0.2) is 12.2 Å². The minimum absolute atomic E-state index is 0.0649. The van der Waals surface area contributed by atoms with Crippen molar-refractivity contribution in [2.45, 2.75) is 45.2 Å². The van der Waals surface area contributed by atoms with E-state index in [0.29, 0.717) is 0 Å². The molecule has 0 aliphatic carbocycles. The molecule has 0 bridgehead atoms. The van der Waals surface area contributed by atoms with Gasteiger partial charge in [-0.3, -0.25) is 0 Å². The van der Waals surface area contributed by atoms with E-state index in [1.807, 2.05) is 0 Å². The molecule has 0 amide bonds. The van der Waals surface area contributed by atoms with Crippen LogP contribution in [0.5, 0.6) is 0 Å². The number of rotatable bonds is 5. The molecule has 2 nitrogen and oxygen atoms in total. The third kappa shape index (κ3) is 3.92. The molecule has 78 valence electrons. The minimum atomic E-state index is 0.0649. The minimum Gasteiger partial charge on any atom is -0.326 e. The van der Waals surface area contributed by atoms with Gasteiger partial charge in [0.1, 0.15) is 0 Å². The summed E-state index contributed by atoms with van der Waals surface area (Å²) in [7, 11) is 4.14. The number of allylic oxidation sites excluding steroid dienone is 1. The van der Waals surface area contributed by atoms with Crippen molar-refractivity contribution in [1.29, 1.82) is 0 Å². The quantitative estimate of drug-likeness (QED) is 0.662. The molecule has 0 aromatic heterocycles. The van der Waals surface area contributed by atoms with E-state index in [1.165, 1.54) is 5.57 Å². The van der Waals surface area contributed by atoms with Crippen molar-refractivity contribution in [1.82, 2.24) is 4.90 Å². The summed E-state index contributed by atoms with van der Waals surface area (Å²) in [5, 5.41) is 0. The van der Waals surface area contributed by atoms with Gasteiger partial charge in [0.2, 0.25) is 0 Å². The molecule has 0 radical (unpaired) electrons. The summed E-state index contributed by atoms with van der Waals surface area (Å²) in [4.78, 5) is 2.18. The zero-order chi connectivity index (χ0) is 10.6. The van der Waals surface area contributed by atoms with Crippen molar-refractivity contribution < 1.29 is 0 Å². The van der Waals surface area contributed by atoms with Crippen LogP contribution < -0.4 is 5.73 Å². The maximum atomic E-state index is 6.12. The highest BCUT2D eigenvalue weighted by atomic mass is 15.2. The SMILES string of the molecule is C=C(C)CCC(N)C(C)(C)N(C)C. The van der Waals surface area contributed by atoms with Crippen molar-refractivity contribution >= 4 is 0 Å². The van der Waals surface area contributed by atoms with Gasteiger partial charge in [-0.05, 0) is 47.7 Å². The molecule has 1 atom stereocenters. The molecule has 0 aromatic carbocycles. The van der Waals surface area contributed by atoms with Gasteiger partial charge in [0.05, 0.1) is 0 Å². The topological polar surface area (TPSA) is 29.3 Å². The van der Waals surface area contributed by atoms with Gasteiger partial charge in [0, 0.05) is 11.6 Å². The largest absolute Gasteiger partial charge is 0.326 e. The summed E-state index contributed by atoms with van der Waals surface area (Å²) in [6.07, 6.45) is 2.04. The van der Waals surface area contributed by atoms with Gasteiger partial charge < -0.3 is 10.6 Å². The van der Waals surface area contributed by atoms with E-state index in [0.717, 1.165) is 12.8 Å². The smallest absolute Gasteiger partial charge is 0.0298 e. The highest BCUT2D eigenvalue weighted by molar-refractivity contribution is 4.94. The van der Waals surface area contributed by atoms with E-state index < -0.39 is 0 Å². The van der Waals surface area contributed by atoms with Crippen LogP contribution in [0.3, 0.4) is 0 Å². The van der Waals surface area contributed by atoms with Crippen molar-refractivity contribution in [2.24, 2.45) is 5.73 Å². The first-order valence-corrected chi connectivity index (χ1v) is 4.86. The normalized spacial score (nSPS) is 14.7. The zero-order valence-electron chi connectivity index (χ0n) is 9.72. The predicted molar refractivity (Wildman–Crippen MR) is 59.8 cm³/mol. The van der Waals surface area contributed by atoms with E-state index in [1.54, 1.807) is 0 Å². The van der Waals surface area contributed by atoms with E-state index in [-0.39, 0.29) is 11.6 Å². The second kappa shape index (κ2) is 4.77. The van der Waals surface area contributed by atoms with E-state index in [4.69, 9.17) is 5.73 Å². The van der Waals surface area contributed by atoms with E-state index in [9.17, 15) is 0 Å². The van der Waals surface area contributed by atoms with E-state index >= 15 is 0 Å². The fourth-order valence-corrected chi connectivity index (χ4v) is 1.09. The molecular weight excluding hydrogens is 160 g/mol. The summed E-state index contributed by atoms with van der Waals surface area (Å²) in [6, 6.07) is 0.208. The molecule has 13 heavy (non-hydrogen) atoms. The average molecular weight is 184 g/mol. The van der Waals surface area contributed by atoms with Crippen molar-refractivity contribution in [3.8, 4) is 0 Å². The average Bonchev–Trinajstić information content (AvgIpc) is 1.99. The van der Waals surface area contributed by atoms with Crippen LogP contribution in [0, 0.1) is 0 Å². The van der Waals surface area contributed by atoms with Gasteiger partial charge in [-0.25, -0.2) is 0 Å². The van der Waals surface area contributed by atoms with E-state index in [2.05, 4.69) is 46.3 Å². The molecular formula is C11H24N2. The third-order valence-corrected chi connectivity index (χ3v) is 2.94. The molecule has 0 heterocycles. The van der Waals surface area contributed by atoms with Crippen LogP contribution in [0.25, 0.3) is 0 Å². The standard InChI is InChI=1S/C11H24N2/c1-9(2)7-8-10(12)11(3,4)13(5)6/h10H,1,7-8,12H2,2-6H3. The summed E-state index contributed by atoms with van der Waals surface area (Å²) >= 11 is 0. The fourth-order valence-electron chi connectivity index (χ4n) is 1.09. The summed E-state index contributed by atoms with van der Waals surface area (Å²) in [5.74, 6) is 0. The first-order valence-electron chi connectivity index (χ1n) is 4.86. The van der Waals surface area contributed by atoms with Crippen molar-refractivity contribution in [3.05, 3.63) is 12.2 Å². The Bertz CT molecular complexity index is 171. The number of nitrogens with zero attached hydrogens (tertiary/aromatic N) is 1. The first-order chi connectivity index (χ1) is 5.78. The Balaban J connectivity index is 4.09. The lowest BCUT2D eigenvalue weighted by Crippen LogP contribution is -2.52. The summed E-state index contributed by atoms with van der Waals surface area (Å²) in [5.41, 5.74) is 7.40. The number of hydrogen-bond donors (Lipinski definition) is 1. The van der Waals surface area contributed by atoms with Crippen LogP contribution >= 0.6 is 0 Å². The zero-order valence-corrected chi connectivity index (χ0v) is 9.72. The predicted octanol–water partition coefficient (Wildman–Crippen LogP) is 2.01. The van der Waals surface area contributed by atoms with Gasteiger partial charge in [-0.15, -0.1) is 6.58 Å². The Morgan fingerprint density at radius 1 is 1.46 bits per heavy atom. The monoisotopic (exact) mass is 184 g/mol. The van der Waals surface area contributed by atoms with Gasteiger partial charge in [0.15, 0.2) is 0 Å². The van der Waals surface area contributed by atoms with Crippen LogP contribution in [0.2, 0.25) is 0 Å². The Morgan fingerprint density at radius 2 is 1.92 bits per heavy atom. The molecule has 2 N–H and O–H groups in total. The lowest BCUT2D eigenvalue weighted by Gasteiger charge is -2.38. The Hall–Kier alpha value is -0.340. The Morgan fingerprint density at radius 3 is 2.23 bits per heavy atom. The van der Waals surface area contributed by atoms with Crippen LogP contribution in [0.1, 0.15) is 33.6 Å². The summed E-state index contributed by atoms with van der Waals surface area (Å²) in [6.45, 7) is 10.3. The molecule has 0 saturated carbocycles. The highest BCUT2D eigenvalue weighted by Crippen LogP contribution is 2.18. The Labute approximate surface area is 82.8 Å². The molecule has 0 saturated heterocycles. The maximum Gasteiger partial charge on any atom is 0.0298 e. The second-order valence-corrected chi connectivity index (χ2v) is 4.65. The lowest BCUT2D eigenvalue weighted by atomic mass is 9.89. The Kier molecular flexibility index (Phi) is 4.65. The lowest BCUT2D eigenvalue weighted by molar-refractivity contribution is 0.153. The van der Waals surface area contributed by atoms with Crippen LogP contribution in [-0.2, 0) is 0 Å². The molecule has 1 unspecified atom stereocenters. The number of nitrogens with two attached hydrogens (primary N) is 1. The maximum absolute atomic E-state index is 6.12. The third-order valence-electron chi connectivity index (χ3n) is 2.94. The van der Waals surface area contributed by atoms with Gasteiger partial charge >= 0.3 is 0 Å². The second-order valence-electron chi connectivity index (χ2n) is 4.65. The number of likely N-dealkylation sites (N-methyl/N-ethyl adjacent to an activating group) is 1. The molecule has 0 fully saturated rings. The van der Waals surface area contributed by atoms with Crippen molar-refractivity contribution in [3.63, 3.8) is 0 Å². The van der Waals surface area contributed by atoms with Crippen molar-refractivity contribution in [2.75, 3.05) is 14.1 Å².